The number of ether oxygens (including phenoxy) is 3. The lowest BCUT2D eigenvalue weighted by Crippen LogP contribution is -2.30. The first-order valence-corrected chi connectivity index (χ1v) is 27.1. The van der Waals surface area contributed by atoms with Gasteiger partial charge in [0.25, 0.3) is 0 Å². The van der Waals surface area contributed by atoms with Crippen molar-refractivity contribution in [3.63, 3.8) is 0 Å². The number of hydrogen-bond acceptors (Lipinski definition) is 6. The van der Waals surface area contributed by atoms with E-state index in [9.17, 15) is 14.4 Å². The van der Waals surface area contributed by atoms with Crippen LogP contribution in [0.4, 0.5) is 0 Å². The van der Waals surface area contributed by atoms with Crippen LogP contribution < -0.4 is 0 Å². The van der Waals surface area contributed by atoms with Crippen molar-refractivity contribution >= 4 is 17.9 Å². The Balaban J connectivity index is 4.44. The van der Waals surface area contributed by atoms with Crippen molar-refractivity contribution in [2.24, 2.45) is 0 Å². The Morgan fingerprint density at radius 2 is 0.600 bits per heavy atom. The fourth-order valence-electron chi connectivity index (χ4n) is 7.32. The highest BCUT2D eigenvalue weighted by atomic mass is 16.6. The van der Waals surface area contributed by atoms with Crippen molar-refractivity contribution < 1.29 is 28.6 Å². The summed E-state index contributed by atoms with van der Waals surface area (Å²) in [5, 5.41) is 0. The summed E-state index contributed by atoms with van der Waals surface area (Å²) in [4.78, 5) is 38.0. The van der Waals surface area contributed by atoms with E-state index in [-0.39, 0.29) is 31.1 Å². The average molecular weight is 905 g/mol. The topological polar surface area (TPSA) is 78.9 Å². The molecule has 0 amide bonds. The quantitative estimate of drug-likeness (QED) is 0.0262. The second kappa shape index (κ2) is 53.2. The van der Waals surface area contributed by atoms with Crippen LogP contribution in [0.3, 0.4) is 0 Å². The standard InChI is InChI=1S/C59H100O6/c1-4-7-10-13-16-19-22-25-27-28-29-30-31-32-33-35-37-40-43-46-49-52-58(61)64-55-56(54-63-57(60)51-48-45-42-39-36-24-21-18-15-12-9-6-3)65-59(62)53-50-47-44-41-38-34-26-23-20-17-14-11-8-5-2/h7,10,16,18-19,21,25,27,29-30,32-33,37,40,56H,4-6,8-9,11-15,17,20,22-24,26,28,31,34-36,38-39,41-55H2,1-3H3/b10-7-,19-16-,21-18-,27-25-,30-29-,33-32-,40-37-. The Labute approximate surface area is 401 Å². The van der Waals surface area contributed by atoms with Gasteiger partial charge in [-0.05, 0) is 96.3 Å². The molecule has 0 aliphatic carbocycles. The lowest BCUT2D eigenvalue weighted by Gasteiger charge is -2.18. The van der Waals surface area contributed by atoms with Crippen LogP contribution >= 0.6 is 0 Å². The number of carbonyl (C=O) groups excluding carboxylic acids is 3. The molecule has 0 aromatic rings. The third-order valence-electron chi connectivity index (χ3n) is 11.4. The fourth-order valence-corrected chi connectivity index (χ4v) is 7.32. The van der Waals surface area contributed by atoms with E-state index in [0.717, 1.165) is 103 Å². The van der Waals surface area contributed by atoms with Crippen LogP contribution in [0.25, 0.3) is 0 Å². The number of allylic oxidation sites excluding steroid dienone is 14. The van der Waals surface area contributed by atoms with Gasteiger partial charge in [0, 0.05) is 19.3 Å². The lowest BCUT2D eigenvalue weighted by atomic mass is 10.0. The second-order valence-electron chi connectivity index (χ2n) is 17.8. The summed E-state index contributed by atoms with van der Waals surface area (Å²) in [5.74, 6) is -0.943. The molecule has 0 bridgehead atoms. The number of carbonyl (C=O) groups is 3. The van der Waals surface area contributed by atoms with E-state index in [1.54, 1.807) is 0 Å². The van der Waals surface area contributed by atoms with Gasteiger partial charge in [0.15, 0.2) is 6.10 Å². The molecule has 0 aromatic carbocycles. The predicted octanol–water partition coefficient (Wildman–Crippen LogP) is 18.0. The molecule has 6 nitrogen and oxygen atoms in total. The minimum atomic E-state index is -0.795. The van der Waals surface area contributed by atoms with Crippen molar-refractivity contribution in [2.45, 2.75) is 258 Å². The van der Waals surface area contributed by atoms with E-state index in [2.05, 4.69) is 106 Å². The minimum absolute atomic E-state index is 0.0934. The number of rotatable bonds is 48. The zero-order chi connectivity index (χ0) is 47.2. The summed E-state index contributed by atoms with van der Waals surface area (Å²) >= 11 is 0. The number of esters is 3. The molecule has 0 rings (SSSR count). The van der Waals surface area contributed by atoms with Crippen molar-refractivity contribution in [3.05, 3.63) is 85.1 Å². The van der Waals surface area contributed by atoms with E-state index in [1.165, 1.54) is 109 Å². The molecule has 0 aliphatic rings. The molecule has 0 saturated heterocycles. The maximum atomic E-state index is 12.8. The average Bonchev–Trinajstić information content (AvgIpc) is 3.30. The fraction of sp³-hybridized carbons (Fsp3) is 0.712. The van der Waals surface area contributed by atoms with Crippen molar-refractivity contribution in [3.8, 4) is 0 Å². The maximum absolute atomic E-state index is 12.8. The summed E-state index contributed by atoms with van der Waals surface area (Å²) in [6, 6.07) is 0. The predicted molar refractivity (Wildman–Crippen MR) is 279 cm³/mol. The first-order valence-electron chi connectivity index (χ1n) is 27.1. The van der Waals surface area contributed by atoms with Crippen molar-refractivity contribution in [1.29, 1.82) is 0 Å². The molecule has 6 heteroatoms. The number of unbranched alkanes of at least 4 members (excludes halogenated alkanes) is 23. The Hall–Kier alpha value is -3.41. The van der Waals surface area contributed by atoms with Crippen LogP contribution in [0.2, 0.25) is 0 Å². The van der Waals surface area contributed by atoms with E-state index < -0.39 is 6.10 Å². The van der Waals surface area contributed by atoms with E-state index >= 15 is 0 Å². The van der Waals surface area contributed by atoms with Gasteiger partial charge >= 0.3 is 17.9 Å². The third-order valence-corrected chi connectivity index (χ3v) is 11.4. The molecule has 0 heterocycles. The summed E-state index contributed by atoms with van der Waals surface area (Å²) in [6.07, 6.45) is 68.5. The highest BCUT2D eigenvalue weighted by Gasteiger charge is 2.19. The van der Waals surface area contributed by atoms with Crippen LogP contribution in [0.15, 0.2) is 85.1 Å². The monoisotopic (exact) mass is 905 g/mol. The molecule has 1 atom stereocenters. The van der Waals surface area contributed by atoms with Gasteiger partial charge in [0.2, 0.25) is 0 Å². The second-order valence-corrected chi connectivity index (χ2v) is 17.8. The smallest absolute Gasteiger partial charge is 0.306 e. The maximum Gasteiger partial charge on any atom is 0.306 e. The summed E-state index contributed by atoms with van der Waals surface area (Å²) in [6.45, 7) is 6.46. The molecular weight excluding hydrogens is 805 g/mol. The third kappa shape index (κ3) is 51.4. The molecule has 0 saturated carbocycles. The molecule has 1 unspecified atom stereocenters. The summed E-state index contributed by atoms with van der Waals surface area (Å²) in [7, 11) is 0. The zero-order valence-corrected chi connectivity index (χ0v) is 42.5. The van der Waals surface area contributed by atoms with Gasteiger partial charge in [-0.3, -0.25) is 14.4 Å². The lowest BCUT2D eigenvalue weighted by molar-refractivity contribution is -0.167. The van der Waals surface area contributed by atoms with Gasteiger partial charge in [0.05, 0.1) is 0 Å². The molecular formula is C59H100O6. The summed E-state index contributed by atoms with van der Waals surface area (Å²) in [5.41, 5.74) is 0. The molecule has 0 spiro atoms. The van der Waals surface area contributed by atoms with E-state index in [0.29, 0.717) is 19.3 Å². The zero-order valence-electron chi connectivity index (χ0n) is 42.5. The van der Waals surface area contributed by atoms with Crippen molar-refractivity contribution in [2.75, 3.05) is 13.2 Å². The van der Waals surface area contributed by atoms with Gasteiger partial charge < -0.3 is 14.2 Å². The van der Waals surface area contributed by atoms with Crippen LogP contribution in [0.5, 0.6) is 0 Å². The Morgan fingerprint density at radius 3 is 1.02 bits per heavy atom. The molecule has 0 aromatic heterocycles. The SMILES string of the molecule is CC/C=C\C/C=C\C/C=C\C/C=C\C/C=C\C/C=C\CCCCC(=O)OCC(COC(=O)CCCCCCC/C=C\CCCCC)OC(=O)CCCCCCCCCCCCCCCC. The molecule has 0 radical (unpaired) electrons. The summed E-state index contributed by atoms with van der Waals surface area (Å²) < 4.78 is 16.8. The van der Waals surface area contributed by atoms with Gasteiger partial charge in [-0.1, -0.05) is 221 Å². The highest BCUT2D eigenvalue weighted by Crippen LogP contribution is 2.15. The van der Waals surface area contributed by atoms with Gasteiger partial charge in [-0.15, -0.1) is 0 Å². The van der Waals surface area contributed by atoms with Gasteiger partial charge in [-0.25, -0.2) is 0 Å². The molecule has 0 fully saturated rings. The Bertz CT molecular complexity index is 1270. The largest absolute Gasteiger partial charge is 0.462 e. The first-order chi connectivity index (χ1) is 32.0. The van der Waals surface area contributed by atoms with Crippen LogP contribution in [0.1, 0.15) is 252 Å². The Kier molecular flexibility index (Phi) is 50.4. The van der Waals surface area contributed by atoms with E-state index in [1.807, 2.05) is 0 Å². The molecule has 65 heavy (non-hydrogen) atoms. The van der Waals surface area contributed by atoms with Crippen LogP contribution in [-0.4, -0.2) is 37.2 Å². The van der Waals surface area contributed by atoms with Gasteiger partial charge in [-0.2, -0.15) is 0 Å². The minimum Gasteiger partial charge on any atom is -0.462 e. The highest BCUT2D eigenvalue weighted by molar-refractivity contribution is 5.71. The van der Waals surface area contributed by atoms with Crippen molar-refractivity contribution in [1.82, 2.24) is 0 Å². The molecule has 0 N–H and O–H groups in total. The molecule has 372 valence electrons. The molecule has 0 aliphatic heterocycles. The number of hydrogen-bond donors (Lipinski definition) is 0. The van der Waals surface area contributed by atoms with Gasteiger partial charge in [0.1, 0.15) is 13.2 Å². The Morgan fingerprint density at radius 1 is 0.323 bits per heavy atom. The normalized spacial score (nSPS) is 12.7. The van der Waals surface area contributed by atoms with E-state index in [4.69, 9.17) is 14.2 Å². The van der Waals surface area contributed by atoms with Crippen LogP contribution in [0, 0.1) is 0 Å². The van der Waals surface area contributed by atoms with Crippen LogP contribution in [-0.2, 0) is 28.6 Å². The first kappa shape index (κ1) is 61.6.